The van der Waals surface area contributed by atoms with Gasteiger partial charge in [-0.2, -0.15) is 0 Å². The van der Waals surface area contributed by atoms with Gasteiger partial charge in [-0.1, -0.05) is 12.0 Å². The summed E-state index contributed by atoms with van der Waals surface area (Å²) in [7, 11) is 3.32. The number of rotatable bonds is 6. The molecule has 218 valence electrons. The first-order valence-electron chi connectivity index (χ1n) is 14.2. The molecule has 0 spiro atoms. The zero-order valence-corrected chi connectivity index (χ0v) is 25.1. The molecule has 1 atom stereocenters. The lowest BCUT2D eigenvalue weighted by Gasteiger charge is -2.13. The number of anilines is 1. The normalized spacial score (nSPS) is 11.7. The van der Waals surface area contributed by atoms with E-state index in [0.717, 1.165) is 55.8 Å². The van der Waals surface area contributed by atoms with Crippen LogP contribution >= 0.6 is 0 Å². The third-order valence-electron chi connectivity index (χ3n) is 7.52. The quantitative estimate of drug-likeness (QED) is 0.248. The van der Waals surface area contributed by atoms with E-state index in [-0.39, 0.29) is 5.91 Å². The molecule has 1 aromatic carbocycles. The number of carbonyl (C=O) groups excluding carboxylic acids is 1. The number of likely N-dealkylation sites (N-methyl/N-ethyl adjacent to an activating group) is 1. The predicted molar refractivity (Wildman–Crippen MR) is 173 cm³/mol. The van der Waals surface area contributed by atoms with E-state index in [0.29, 0.717) is 17.4 Å². The van der Waals surface area contributed by atoms with Crippen molar-refractivity contribution >= 4 is 28.1 Å². The Balaban J connectivity index is 1.54. The number of methoxy groups -OCH3 is 1. The summed E-state index contributed by atoms with van der Waals surface area (Å²) in [6.07, 6.45) is 5.54. The third-order valence-corrected chi connectivity index (χ3v) is 7.52. The number of carbonyl (C=O) groups is 1. The predicted octanol–water partition coefficient (Wildman–Crippen LogP) is 5.58. The molecule has 0 fully saturated rings. The standard InChI is InChI=1S/C35H31N7O2/c1-21-15-17-42-31(18-21)41-33(26-8-13-32(44-5)38-20-26)34(42)28-10-12-30(40-35(43)23(3)36-4)39-29(28)11-7-24-6-9-27-22(2)37-16-14-25(27)19-24/h6,8-10,12-20,23,36H,1-5H3,(H,39,40,43). The SMILES string of the molecule is CNC(C)C(=O)Nc1ccc(-c2c(-c3ccc(OC)nc3)nc3cc(C)ccn23)c(C#Cc2ccc3c(C)nccc3c2)n1. The number of imidazole rings is 1. The third kappa shape index (κ3) is 5.59. The second-order valence-corrected chi connectivity index (χ2v) is 10.5. The Bertz CT molecular complexity index is 2090. The lowest BCUT2D eigenvalue weighted by Crippen LogP contribution is -2.35. The highest BCUT2D eigenvalue weighted by Crippen LogP contribution is 2.35. The molecule has 5 heterocycles. The summed E-state index contributed by atoms with van der Waals surface area (Å²) in [5.41, 5.74) is 7.29. The summed E-state index contributed by atoms with van der Waals surface area (Å²) in [6, 6.07) is 19.2. The topological polar surface area (TPSA) is 106 Å². The Morgan fingerprint density at radius 3 is 2.61 bits per heavy atom. The number of amides is 1. The fourth-order valence-corrected chi connectivity index (χ4v) is 4.97. The van der Waals surface area contributed by atoms with Crippen LogP contribution in [0.5, 0.6) is 5.88 Å². The minimum Gasteiger partial charge on any atom is -0.481 e. The first-order chi connectivity index (χ1) is 21.3. The van der Waals surface area contributed by atoms with Gasteiger partial charge in [0.2, 0.25) is 11.8 Å². The van der Waals surface area contributed by atoms with Gasteiger partial charge in [-0.15, -0.1) is 0 Å². The molecule has 0 aliphatic heterocycles. The smallest absolute Gasteiger partial charge is 0.242 e. The molecule has 0 bridgehead atoms. The van der Waals surface area contributed by atoms with Gasteiger partial charge < -0.3 is 15.4 Å². The van der Waals surface area contributed by atoms with E-state index in [4.69, 9.17) is 14.7 Å². The van der Waals surface area contributed by atoms with Crippen molar-refractivity contribution in [2.45, 2.75) is 26.8 Å². The lowest BCUT2D eigenvalue weighted by molar-refractivity contribution is -0.117. The van der Waals surface area contributed by atoms with Crippen molar-refractivity contribution in [1.29, 1.82) is 0 Å². The van der Waals surface area contributed by atoms with Gasteiger partial charge >= 0.3 is 0 Å². The molecule has 0 saturated heterocycles. The number of aryl methyl sites for hydroxylation is 2. The fraction of sp³-hybridized carbons (Fsp3) is 0.171. The Kier molecular flexibility index (Phi) is 7.75. The van der Waals surface area contributed by atoms with Crippen LogP contribution in [0.2, 0.25) is 0 Å². The Morgan fingerprint density at radius 2 is 1.84 bits per heavy atom. The molecule has 44 heavy (non-hydrogen) atoms. The van der Waals surface area contributed by atoms with Gasteiger partial charge in [0.1, 0.15) is 17.2 Å². The molecular formula is C35H31N7O2. The first-order valence-corrected chi connectivity index (χ1v) is 14.2. The van der Waals surface area contributed by atoms with Gasteiger partial charge in [0.15, 0.2) is 0 Å². The average Bonchev–Trinajstić information content (AvgIpc) is 3.41. The number of hydrogen-bond acceptors (Lipinski definition) is 7. The van der Waals surface area contributed by atoms with Crippen LogP contribution in [0.25, 0.3) is 38.9 Å². The van der Waals surface area contributed by atoms with Crippen LogP contribution in [0.15, 0.2) is 79.3 Å². The molecule has 1 unspecified atom stereocenters. The van der Waals surface area contributed by atoms with E-state index in [2.05, 4.69) is 32.4 Å². The number of ether oxygens (including phenoxy) is 1. The molecule has 9 heteroatoms. The monoisotopic (exact) mass is 581 g/mol. The first kappa shape index (κ1) is 28.5. The van der Waals surface area contributed by atoms with Crippen LogP contribution in [-0.2, 0) is 4.79 Å². The molecule has 0 radical (unpaired) electrons. The zero-order chi connectivity index (χ0) is 30.8. The molecule has 1 amide bonds. The molecule has 9 nitrogen and oxygen atoms in total. The van der Waals surface area contributed by atoms with Crippen molar-refractivity contribution < 1.29 is 9.53 Å². The van der Waals surface area contributed by atoms with Gasteiger partial charge in [-0.3, -0.25) is 14.2 Å². The van der Waals surface area contributed by atoms with Crippen molar-refractivity contribution in [2.24, 2.45) is 0 Å². The van der Waals surface area contributed by atoms with Crippen LogP contribution in [0.4, 0.5) is 5.82 Å². The van der Waals surface area contributed by atoms with Crippen LogP contribution in [0.3, 0.4) is 0 Å². The van der Waals surface area contributed by atoms with Crippen molar-refractivity contribution in [3.8, 4) is 40.2 Å². The highest BCUT2D eigenvalue weighted by Gasteiger charge is 2.21. The molecule has 6 aromatic rings. The average molecular weight is 582 g/mol. The number of nitrogens with one attached hydrogen (secondary N) is 2. The lowest BCUT2D eigenvalue weighted by atomic mass is 10.0. The van der Waals surface area contributed by atoms with Gasteiger partial charge in [0.25, 0.3) is 0 Å². The second-order valence-electron chi connectivity index (χ2n) is 10.5. The zero-order valence-electron chi connectivity index (χ0n) is 25.1. The van der Waals surface area contributed by atoms with Crippen molar-refractivity contribution in [1.82, 2.24) is 29.7 Å². The Labute approximate surface area is 255 Å². The van der Waals surface area contributed by atoms with Crippen molar-refractivity contribution in [3.05, 3.63) is 102 Å². The summed E-state index contributed by atoms with van der Waals surface area (Å²) < 4.78 is 7.31. The van der Waals surface area contributed by atoms with Crippen LogP contribution in [0.1, 0.15) is 29.4 Å². The summed E-state index contributed by atoms with van der Waals surface area (Å²) in [5.74, 6) is 7.34. The number of nitrogens with zero attached hydrogens (tertiary/aromatic N) is 5. The van der Waals surface area contributed by atoms with Crippen molar-refractivity contribution in [3.63, 3.8) is 0 Å². The molecular weight excluding hydrogens is 550 g/mol. The Morgan fingerprint density at radius 1 is 0.977 bits per heavy atom. The maximum absolute atomic E-state index is 12.7. The van der Waals surface area contributed by atoms with E-state index in [1.807, 2.05) is 79.0 Å². The number of hydrogen-bond donors (Lipinski definition) is 2. The van der Waals surface area contributed by atoms with Gasteiger partial charge in [-0.05, 0) is 93.2 Å². The summed E-state index contributed by atoms with van der Waals surface area (Å²) >= 11 is 0. The number of pyridine rings is 4. The fourth-order valence-electron chi connectivity index (χ4n) is 4.97. The van der Waals surface area contributed by atoms with Crippen LogP contribution in [-0.4, -0.2) is 50.4 Å². The van der Waals surface area contributed by atoms with Gasteiger partial charge in [-0.25, -0.2) is 15.0 Å². The van der Waals surface area contributed by atoms with E-state index < -0.39 is 6.04 Å². The largest absolute Gasteiger partial charge is 0.481 e. The summed E-state index contributed by atoms with van der Waals surface area (Å²) in [4.78, 5) is 31.4. The summed E-state index contributed by atoms with van der Waals surface area (Å²) in [6.45, 7) is 5.81. The van der Waals surface area contributed by atoms with Crippen molar-refractivity contribution in [2.75, 3.05) is 19.5 Å². The van der Waals surface area contributed by atoms with E-state index in [9.17, 15) is 4.79 Å². The Hall–Kier alpha value is -5.59. The number of fused-ring (bicyclic) bond motifs is 2. The molecule has 2 N–H and O–H groups in total. The molecule has 5 aromatic heterocycles. The minimum atomic E-state index is -0.391. The van der Waals surface area contributed by atoms with E-state index >= 15 is 0 Å². The molecule has 6 rings (SSSR count). The van der Waals surface area contributed by atoms with E-state index in [1.54, 1.807) is 39.5 Å². The van der Waals surface area contributed by atoms with Crippen LogP contribution in [0, 0.1) is 25.7 Å². The molecule has 0 saturated carbocycles. The minimum absolute atomic E-state index is 0.194. The molecule has 0 aliphatic rings. The second kappa shape index (κ2) is 12.0. The van der Waals surface area contributed by atoms with Crippen LogP contribution < -0.4 is 15.4 Å². The molecule has 0 aliphatic carbocycles. The van der Waals surface area contributed by atoms with E-state index in [1.165, 1.54) is 0 Å². The van der Waals surface area contributed by atoms with Gasteiger partial charge in [0.05, 0.1) is 24.5 Å². The number of aromatic nitrogens is 5. The highest BCUT2D eigenvalue weighted by atomic mass is 16.5. The maximum atomic E-state index is 12.7. The van der Waals surface area contributed by atoms with Gasteiger partial charge in [0, 0.05) is 52.4 Å². The highest BCUT2D eigenvalue weighted by molar-refractivity contribution is 5.94. The summed E-state index contributed by atoms with van der Waals surface area (Å²) in [5, 5.41) is 8.01. The maximum Gasteiger partial charge on any atom is 0.242 e. The number of benzene rings is 1.